The highest BCUT2D eigenvalue weighted by molar-refractivity contribution is 7.18. The van der Waals surface area contributed by atoms with Gasteiger partial charge in [-0.15, -0.1) is 0 Å². The molecule has 0 bridgehead atoms. The van der Waals surface area contributed by atoms with E-state index in [0.29, 0.717) is 18.1 Å². The molecular weight excluding hydrogens is 415 g/mol. The standard InChI is InChI=1S/C20H18F3N5OS/c21-20(22,23)13-4-1-11(2-5-13)7-14(24)9-25-19-26-10-17(30-19)12-3-6-15-16(8-12)28-18(29)27-15/h1-6,8,10,14H,7,9,24H2,(H,25,26)(H2,27,28,29). The Balaban J connectivity index is 1.36. The predicted octanol–water partition coefficient (Wildman–Crippen LogP) is 3.98. The molecule has 156 valence electrons. The van der Waals surface area contributed by atoms with E-state index in [1.807, 2.05) is 18.2 Å². The van der Waals surface area contributed by atoms with Crippen LogP contribution in [0.1, 0.15) is 11.1 Å². The van der Waals surface area contributed by atoms with Gasteiger partial charge in [0.05, 0.1) is 21.5 Å². The molecule has 0 saturated carbocycles. The first-order valence-corrected chi connectivity index (χ1v) is 9.93. The largest absolute Gasteiger partial charge is 0.416 e. The number of H-pyrrole nitrogens is 2. The predicted molar refractivity (Wildman–Crippen MR) is 112 cm³/mol. The van der Waals surface area contributed by atoms with Crippen molar-refractivity contribution in [3.05, 3.63) is 70.3 Å². The van der Waals surface area contributed by atoms with Gasteiger partial charge in [-0.05, 0) is 41.8 Å². The summed E-state index contributed by atoms with van der Waals surface area (Å²) in [7, 11) is 0. The summed E-state index contributed by atoms with van der Waals surface area (Å²) in [6.07, 6.45) is -2.16. The van der Waals surface area contributed by atoms with Gasteiger partial charge in [0, 0.05) is 18.8 Å². The molecule has 30 heavy (non-hydrogen) atoms. The van der Waals surface area contributed by atoms with Crippen LogP contribution in [0.3, 0.4) is 0 Å². The van der Waals surface area contributed by atoms with Crippen LogP contribution < -0.4 is 16.7 Å². The number of benzene rings is 2. The number of thiazole rings is 1. The van der Waals surface area contributed by atoms with Crippen molar-refractivity contribution in [1.29, 1.82) is 0 Å². The molecule has 4 rings (SSSR count). The maximum absolute atomic E-state index is 12.6. The fraction of sp³-hybridized carbons (Fsp3) is 0.200. The quantitative estimate of drug-likeness (QED) is 0.370. The Bertz CT molecular complexity index is 1210. The molecule has 2 heterocycles. The smallest absolute Gasteiger partial charge is 0.360 e. The van der Waals surface area contributed by atoms with E-state index in [-0.39, 0.29) is 11.7 Å². The normalized spacial score (nSPS) is 12.9. The Kier molecular flexibility index (Phi) is 5.35. The van der Waals surface area contributed by atoms with Gasteiger partial charge in [0.25, 0.3) is 0 Å². The number of fused-ring (bicyclic) bond motifs is 1. The summed E-state index contributed by atoms with van der Waals surface area (Å²) >= 11 is 1.45. The molecule has 1 unspecified atom stereocenters. The highest BCUT2D eigenvalue weighted by Gasteiger charge is 2.29. The van der Waals surface area contributed by atoms with Crippen LogP contribution in [0.2, 0.25) is 0 Å². The van der Waals surface area contributed by atoms with Crippen molar-refractivity contribution in [1.82, 2.24) is 15.0 Å². The molecule has 0 aliphatic carbocycles. The van der Waals surface area contributed by atoms with Crippen molar-refractivity contribution in [3.8, 4) is 10.4 Å². The minimum absolute atomic E-state index is 0.254. The van der Waals surface area contributed by atoms with Crippen molar-refractivity contribution in [2.45, 2.75) is 18.6 Å². The van der Waals surface area contributed by atoms with Gasteiger partial charge in [-0.1, -0.05) is 29.5 Å². The van der Waals surface area contributed by atoms with Gasteiger partial charge in [-0.2, -0.15) is 13.2 Å². The van der Waals surface area contributed by atoms with Gasteiger partial charge >= 0.3 is 11.9 Å². The highest BCUT2D eigenvalue weighted by Crippen LogP contribution is 2.31. The molecular formula is C20H18F3N5OS. The number of aromatic nitrogens is 3. The van der Waals surface area contributed by atoms with Crippen molar-refractivity contribution < 1.29 is 13.2 Å². The van der Waals surface area contributed by atoms with Crippen molar-refractivity contribution in [2.24, 2.45) is 5.73 Å². The Labute approximate surface area is 173 Å². The maximum Gasteiger partial charge on any atom is 0.416 e. The van der Waals surface area contributed by atoms with E-state index in [4.69, 9.17) is 5.73 Å². The number of aromatic amines is 2. The first kappa shape index (κ1) is 20.2. The molecule has 0 radical (unpaired) electrons. The lowest BCUT2D eigenvalue weighted by Crippen LogP contribution is -2.31. The third-order valence-corrected chi connectivity index (χ3v) is 5.60. The van der Waals surface area contributed by atoms with E-state index >= 15 is 0 Å². The molecule has 2 aromatic heterocycles. The van der Waals surface area contributed by atoms with E-state index in [1.54, 1.807) is 6.20 Å². The fourth-order valence-electron chi connectivity index (χ4n) is 3.10. The summed E-state index contributed by atoms with van der Waals surface area (Å²) < 4.78 is 37.9. The van der Waals surface area contributed by atoms with Gasteiger partial charge in [0.1, 0.15) is 0 Å². The summed E-state index contributed by atoms with van der Waals surface area (Å²) in [4.78, 5) is 22.1. The molecule has 2 aromatic carbocycles. The molecule has 4 aromatic rings. The van der Waals surface area contributed by atoms with Crippen molar-refractivity contribution >= 4 is 27.5 Å². The van der Waals surface area contributed by atoms with Gasteiger partial charge in [0.15, 0.2) is 5.13 Å². The SMILES string of the molecule is NC(CNc1ncc(-c2ccc3[nH]c(=O)[nH]c3c2)s1)Cc1ccc(C(F)(F)F)cc1. The zero-order chi connectivity index (χ0) is 21.3. The van der Waals surface area contributed by atoms with E-state index in [1.165, 1.54) is 23.5 Å². The lowest BCUT2D eigenvalue weighted by molar-refractivity contribution is -0.137. The van der Waals surface area contributed by atoms with Gasteiger partial charge in [-0.25, -0.2) is 9.78 Å². The van der Waals surface area contributed by atoms with E-state index in [2.05, 4.69) is 20.3 Å². The summed E-state index contributed by atoms with van der Waals surface area (Å²) in [5, 5.41) is 3.86. The zero-order valence-corrected chi connectivity index (χ0v) is 16.4. The van der Waals surface area contributed by atoms with Crippen LogP contribution in [0.25, 0.3) is 21.5 Å². The number of nitrogens with two attached hydrogens (primary N) is 1. The van der Waals surface area contributed by atoms with E-state index in [9.17, 15) is 18.0 Å². The van der Waals surface area contributed by atoms with Crippen LogP contribution in [0.5, 0.6) is 0 Å². The molecule has 1 atom stereocenters. The zero-order valence-electron chi connectivity index (χ0n) is 15.6. The first-order valence-electron chi connectivity index (χ1n) is 9.12. The number of nitrogens with one attached hydrogen (secondary N) is 3. The second-order valence-corrected chi connectivity index (χ2v) is 7.94. The monoisotopic (exact) mass is 433 g/mol. The lowest BCUT2D eigenvalue weighted by atomic mass is 10.0. The fourth-order valence-corrected chi connectivity index (χ4v) is 3.92. The number of anilines is 1. The Morgan fingerprint density at radius 2 is 1.83 bits per heavy atom. The van der Waals surface area contributed by atoms with E-state index in [0.717, 1.165) is 39.2 Å². The average molecular weight is 433 g/mol. The van der Waals surface area contributed by atoms with Crippen molar-refractivity contribution in [2.75, 3.05) is 11.9 Å². The third-order valence-electron chi connectivity index (χ3n) is 4.60. The van der Waals surface area contributed by atoms with Crippen molar-refractivity contribution in [3.63, 3.8) is 0 Å². The summed E-state index contributed by atoms with van der Waals surface area (Å²) in [5.41, 5.74) is 8.32. The molecule has 0 fully saturated rings. The van der Waals surface area contributed by atoms with Gasteiger partial charge < -0.3 is 21.0 Å². The Morgan fingerprint density at radius 1 is 1.10 bits per heavy atom. The van der Waals surface area contributed by atoms with Gasteiger partial charge in [0.2, 0.25) is 0 Å². The number of hydrogen-bond acceptors (Lipinski definition) is 5. The number of hydrogen-bond donors (Lipinski definition) is 4. The summed E-state index contributed by atoms with van der Waals surface area (Å²) in [5.74, 6) is 0. The average Bonchev–Trinajstić information content (AvgIpc) is 3.31. The molecule has 0 saturated heterocycles. The number of halogens is 3. The number of imidazole rings is 1. The highest BCUT2D eigenvalue weighted by atomic mass is 32.1. The van der Waals surface area contributed by atoms with Crippen LogP contribution in [-0.4, -0.2) is 27.5 Å². The topological polar surface area (TPSA) is 99.6 Å². The Hall–Kier alpha value is -3.11. The minimum atomic E-state index is -4.34. The second-order valence-electron chi connectivity index (χ2n) is 6.91. The molecule has 0 aliphatic heterocycles. The number of alkyl halides is 3. The van der Waals surface area contributed by atoms with Crippen LogP contribution in [-0.2, 0) is 12.6 Å². The molecule has 5 N–H and O–H groups in total. The van der Waals surface area contributed by atoms with Crippen LogP contribution in [0.15, 0.2) is 53.5 Å². The minimum Gasteiger partial charge on any atom is -0.360 e. The molecule has 10 heteroatoms. The second kappa shape index (κ2) is 7.96. The molecule has 0 aliphatic rings. The van der Waals surface area contributed by atoms with Gasteiger partial charge in [-0.3, -0.25) is 0 Å². The van der Waals surface area contributed by atoms with Crippen LogP contribution >= 0.6 is 11.3 Å². The maximum atomic E-state index is 12.6. The summed E-state index contributed by atoms with van der Waals surface area (Å²) in [6, 6.07) is 10.4. The molecule has 6 nitrogen and oxygen atoms in total. The molecule has 0 spiro atoms. The molecule has 0 amide bonds. The van der Waals surface area contributed by atoms with Crippen LogP contribution in [0.4, 0.5) is 18.3 Å². The number of rotatable bonds is 6. The van der Waals surface area contributed by atoms with Crippen LogP contribution in [0, 0.1) is 0 Å². The van der Waals surface area contributed by atoms with E-state index < -0.39 is 11.7 Å². The first-order chi connectivity index (χ1) is 14.3. The summed E-state index contributed by atoms with van der Waals surface area (Å²) in [6.45, 7) is 0.429. The number of nitrogens with zero attached hydrogens (tertiary/aromatic N) is 1. The Morgan fingerprint density at radius 3 is 2.57 bits per heavy atom. The third kappa shape index (κ3) is 4.55. The lowest BCUT2D eigenvalue weighted by Gasteiger charge is -2.13.